The quantitative estimate of drug-likeness (QED) is 0.754. The summed E-state index contributed by atoms with van der Waals surface area (Å²) < 4.78 is 38.4. The average Bonchev–Trinajstić information content (AvgIpc) is 2.95. The predicted octanol–water partition coefficient (Wildman–Crippen LogP) is 1.44. The van der Waals surface area contributed by atoms with Gasteiger partial charge in [-0.15, -0.1) is 0 Å². The molecule has 1 fully saturated rings. The summed E-state index contributed by atoms with van der Waals surface area (Å²) in [6, 6.07) is 0.429. The summed E-state index contributed by atoms with van der Waals surface area (Å²) in [7, 11) is 0. The van der Waals surface area contributed by atoms with Crippen LogP contribution in [0, 0.1) is 17.6 Å². The molecule has 0 unspecified atom stereocenters. The van der Waals surface area contributed by atoms with Crippen LogP contribution in [0.1, 0.15) is 12.8 Å². The van der Waals surface area contributed by atoms with Gasteiger partial charge in [0.1, 0.15) is 0 Å². The molecule has 1 heterocycles. The maximum absolute atomic E-state index is 13.1. The second-order valence-electron chi connectivity index (χ2n) is 3.65. The van der Waals surface area contributed by atoms with Crippen LogP contribution in [0.4, 0.5) is 19.0 Å². The fraction of sp³-hybridized carbons (Fsp3) is 0.444. The maximum atomic E-state index is 13.1. The Balaban J connectivity index is 2.25. The molecule has 1 aliphatic carbocycles. The van der Waals surface area contributed by atoms with Gasteiger partial charge in [-0.1, -0.05) is 0 Å². The van der Waals surface area contributed by atoms with E-state index in [1.807, 2.05) is 0 Å². The van der Waals surface area contributed by atoms with E-state index in [-0.39, 0.29) is 12.4 Å². The Bertz CT molecular complexity index is 393. The van der Waals surface area contributed by atoms with Crippen LogP contribution in [0.3, 0.4) is 0 Å². The highest BCUT2D eigenvalue weighted by molar-refractivity contribution is 5.42. The first-order chi connectivity index (χ1) is 7.06. The lowest BCUT2D eigenvalue weighted by molar-refractivity contribution is 0.265. The van der Waals surface area contributed by atoms with E-state index in [1.165, 1.54) is 0 Å². The van der Waals surface area contributed by atoms with Crippen molar-refractivity contribution in [2.24, 2.45) is 0 Å². The summed E-state index contributed by atoms with van der Waals surface area (Å²) in [5, 5.41) is 11.5. The zero-order chi connectivity index (χ0) is 11.1. The molecular weight excluding hydrogens is 209 g/mol. The summed E-state index contributed by atoms with van der Waals surface area (Å²) in [5.74, 6) is -4.01. The first-order valence-corrected chi connectivity index (χ1v) is 4.47. The molecule has 0 amide bonds. The van der Waals surface area contributed by atoms with E-state index in [9.17, 15) is 13.2 Å². The van der Waals surface area contributed by atoms with Crippen molar-refractivity contribution >= 4 is 5.82 Å². The topological polar surface area (TPSA) is 45.1 Å². The van der Waals surface area contributed by atoms with Crippen LogP contribution in [0.15, 0.2) is 6.07 Å². The first kappa shape index (κ1) is 10.2. The van der Waals surface area contributed by atoms with Crippen LogP contribution >= 0.6 is 0 Å². The molecule has 2 N–H and O–H groups in total. The van der Waals surface area contributed by atoms with Crippen LogP contribution in [-0.4, -0.2) is 22.2 Å². The number of aromatic nitrogens is 1. The van der Waals surface area contributed by atoms with Crippen LogP contribution in [0.2, 0.25) is 0 Å². The zero-order valence-corrected chi connectivity index (χ0v) is 7.73. The number of aliphatic hydroxyl groups is 1. The Kier molecular flexibility index (Phi) is 2.30. The van der Waals surface area contributed by atoms with Crippen molar-refractivity contribution < 1.29 is 18.3 Å². The lowest BCUT2D eigenvalue weighted by atomic mass is 10.3. The Morgan fingerprint density at radius 1 is 1.33 bits per heavy atom. The molecule has 2 rings (SSSR count). The van der Waals surface area contributed by atoms with Gasteiger partial charge in [0.25, 0.3) is 5.95 Å². The molecule has 0 saturated heterocycles. The van der Waals surface area contributed by atoms with Gasteiger partial charge in [-0.25, -0.2) is 8.78 Å². The second kappa shape index (κ2) is 3.37. The van der Waals surface area contributed by atoms with Gasteiger partial charge in [0.15, 0.2) is 17.5 Å². The van der Waals surface area contributed by atoms with Gasteiger partial charge in [-0.3, -0.25) is 0 Å². The second-order valence-corrected chi connectivity index (χ2v) is 3.65. The minimum absolute atomic E-state index is 0.187. The number of rotatable bonds is 3. The molecule has 1 saturated carbocycles. The highest BCUT2D eigenvalue weighted by Crippen LogP contribution is 2.38. The molecule has 1 aromatic rings. The Morgan fingerprint density at radius 3 is 2.53 bits per heavy atom. The monoisotopic (exact) mass is 218 g/mol. The number of nitrogens with one attached hydrogen (secondary N) is 1. The molecule has 1 aliphatic rings. The van der Waals surface area contributed by atoms with Gasteiger partial charge >= 0.3 is 0 Å². The minimum Gasteiger partial charge on any atom is -0.394 e. The van der Waals surface area contributed by atoms with E-state index in [0.29, 0.717) is 18.9 Å². The smallest absolute Gasteiger partial charge is 0.251 e. The highest BCUT2D eigenvalue weighted by Gasteiger charge is 2.43. The average molecular weight is 218 g/mol. The summed E-state index contributed by atoms with van der Waals surface area (Å²) in [6.07, 6.45) is 1.31. The van der Waals surface area contributed by atoms with Crippen molar-refractivity contribution in [1.82, 2.24) is 4.98 Å². The molecule has 15 heavy (non-hydrogen) atoms. The van der Waals surface area contributed by atoms with Crippen LogP contribution in [0.5, 0.6) is 0 Å². The largest absolute Gasteiger partial charge is 0.394 e. The van der Waals surface area contributed by atoms with Gasteiger partial charge in [-0.2, -0.15) is 9.37 Å². The molecule has 0 aromatic carbocycles. The number of hydrogen-bond donors (Lipinski definition) is 2. The molecule has 82 valence electrons. The van der Waals surface area contributed by atoms with Gasteiger partial charge in [0.05, 0.1) is 12.1 Å². The summed E-state index contributed by atoms with van der Waals surface area (Å²) >= 11 is 0. The Labute approximate surface area is 83.9 Å². The van der Waals surface area contributed by atoms with Gasteiger partial charge in [0, 0.05) is 6.07 Å². The van der Waals surface area contributed by atoms with Gasteiger partial charge < -0.3 is 10.4 Å². The molecule has 0 spiro atoms. The molecule has 6 heteroatoms. The normalized spacial score (nSPS) is 17.6. The number of nitrogens with zero attached hydrogens (tertiary/aromatic N) is 1. The van der Waals surface area contributed by atoms with E-state index in [2.05, 4.69) is 10.3 Å². The van der Waals surface area contributed by atoms with Crippen LogP contribution in [-0.2, 0) is 0 Å². The SMILES string of the molecule is OCC1(Nc2nc(F)c(F)cc2F)CC1. The maximum Gasteiger partial charge on any atom is 0.251 e. The third-order valence-corrected chi connectivity index (χ3v) is 2.43. The number of anilines is 1. The Morgan fingerprint density at radius 2 is 2.00 bits per heavy atom. The fourth-order valence-electron chi connectivity index (χ4n) is 1.26. The van der Waals surface area contributed by atoms with E-state index in [1.54, 1.807) is 0 Å². The highest BCUT2D eigenvalue weighted by atomic mass is 19.2. The molecule has 0 bridgehead atoms. The van der Waals surface area contributed by atoms with E-state index >= 15 is 0 Å². The van der Waals surface area contributed by atoms with Gasteiger partial charge in [-0.05, 0) is 12.8 Å². The van der Waals surface area contributed by atoms with E-state index in [0.717, 1.165) is 0 Å². The summed E-state index contributed by atoms with van der Waals surface area (Å²) in [6.45, 7) is -0.187. The minimum atomic E-state index is -1.35. The number of aliphatic hydroxyl groups excluding tert-OH is 1. The van der Waals surface area contributed by atoms with Crippen molar-refractivity contribution in [3.63, 3.8) is 0 Å². The standard InChI is InChI=1S/C9H9F3N2O/c10-5-3-6(11)8(13-7(5)12)14-9(4-15)1-2-9/h3,15H,1-2,4H2,(H,13,14). The lowest BCUT2D eigenvalue weighted by Crippen LogP contribution is -2.27. The van der Waals surface area contributed by atoms with E-state index in [4.69, 9.17) is 5.11 Å². The van der Waals surface area contributed by atoms with Crippen molar-refractivity contribution in [1.29, 1.82) is 0 Å². The van der Waals surface area contributed by atoms with Crippen molar-refractivity contribution in [3.8, 4) is 0 Å². The number of pyridine rings is 1. The van der Waals surface area contributed by atoms with Gasteiger partial charge in [0.2, 0.25) is 0 Å². The number of halogens is 3. The molecule has 1 aromatic heterocycles. The third kappa shape index (κ3) is 1.90. The lowest BCUT2D eigenvalue weighted by Gasteiger charge is -2.15. The number of hydrogen-bond acceptors (Lipinski definition) is 3. The molecule has 0 aliphatic heterocycles. The summed E-state index contributed by atoms with van der Waals surface area (Å²) in [5.41, 5.74) is -0.613. The molecule has 0 atom stereocenters. The fourth-order valence-corrected chi connectivity index (χ4v) is 1.26. The molecular formula is C9H9F3N2O. The van der Waals surface area contributed by atoms with Crippen LogP contribution < -0.4 is 5.32 Å². The van der Waals surface area contributed by atoms with Crippen molar-refractivity contribution in [2.45, 2.75) is 18.4 Å². The molecule has 3 nitrogen and oxygen atoms in total. The van der Waals surface area contributed by atoms with E-state index < -0.39 is 23.1 Å². The van der Waals surface area contributed by atoms with Crippen molar-refractivity contribution in [2.75, 3.05) is 11.9 Å². The zero-order valence-electron chi connectivity index (χ0n) is 7.73. The van der Waals surface area contributed by atoms with Crippen molar-refractivity contribution in [3.05, 3.63) is 23.6 Å². The predicted molar refractivity (Wildman–Crippen MR) is 46.8 cm³/mol. The Hall–Kier alpha value is -1.30. The van der Waals surface area contributed by atoms with Crippen LogP contribution in [0.25, 0.3) is 0 Å². The molecule has 0 radical (unpaired) electrons. The first-order valence-electron chi connectivity index (χ1n) is 4.47. The summed E-state index contributed by atoms with van der Waals surface area (Å²) in [4.78, 5) is 3.11. The third-order valence-electron chi connectivity index (χ3n) is 2.43.